The quantitative estimate of drug-likeness (QED) is 0.463. The zero-order chi connectivity index (χ0) is 24.9. The van der Waals surface area contributed by atoms with Crippen molar-refractivity contribution in [1.29, 1.82) is 0 Å². The molecule has 0 fully saturated rings. The van der Waals surface area contributed by atoms with Crippen LogP contribution in [0.25, 0.3) is 0 Å². The van der Waals surface area contributed by atoms with E-state index in [1.165, 1.54) is 6.92 Å². The maximum absolute atomic E-state index is 12.6. The summed E-state index contributed by atoms with van der Waals surface area (Å²) < 4.78 is 10.3. The Balaban J connectivity index is 1.88. The minimum absolute atomic E-state index is 0.0607. The molecule has 0 heterocycles. The summed E-state index contributed by atoms with van der Waals surface area (Å²) in [7, 11) is 0. The molecule has 0 unspecified atom stereocenters. The van der Waals surface area contributed by atoms with E-state index in [4.69, 9.17) is 9.47 Å². The number of carbonyl (C=O) groups excluding carboxylic acids is 4. The van der Waals surface area contributed by atoms with Crippen LogP contribution < -0.4 is 10.6 Å². The van der Waals surface area contributed by atoms with Gasteiger partial charge in [0.2, 0.25) is 0 Å². The van der Waals surface area contributed by atoms with Crippen molar-refractivity contribution < 1.29 is 28.7 Å². The number of ketones is 1. The van der Waals surface area contributed by atoms with Gasteiger partial charge in [-0.2, -0.15) is 0 Å². The molecule has 0 aromatic heterocycles. The molecule has 0 bridgehead atoms. The molecule has 0 aliphatic rings. The highest BCUT2D eigenvalue weighted by atomic mass is 16.6. The lowest BCUT2D eigenvalue weighted by Crippen LogP contribution is -2.48. The Morgan fingerprint density at radius 1 is 0.853 bits per heavy atom. The minimum Gasteiger partial charge on any atom is -0.454 e. The molecular weight excluding hydrogens is 436 g/mol. The molecule has 8 nitrogen and oxygen atoms in total. The van der Waals surface area contributed by atoms with Gasteiger partial charge in [0.1, 0.15) is 12.6 Å². The molecule has 3 atom stereocenters. The van der Waals surface area contributed by atoms with Crippen molar-refractivity contribution in [1.82, 2.24) is 10.6 Å². The molecule has 2 rings (SSSR count). The Bertz CT molecular complexity index is 948. The Kier molecular flexibility index (Phi) is 10.8. The first kappa shape index (κ1) is 26.6. The largest absolute Gasteiger partial charge is 0.454 e. The third kappa shape index (κ3) is 9.05. The molecular formula is C26H32N2O6. The number of Topliss-reactive ketones (excluding diaryl/α,β-unsaturated/α-hetero) is 1. The van der Waals surface area contributed by atoms with E-state index in [9.17, 15) is 19.2 Å². The van der Waals surface area contributed by atoms with Gasteiger partial charge in [0.15, 0.2) is 12.4 Å². The number of rotatable bonds is 12. The van der Waals surface area contributed by atoms with Crippen molar-refractivity contribution in [3.8, 4) is 0 Å². The average Bonchev–Trinajstić information content (AvgIpc) is 2.85. The van der Waals surface area contributed by atoms with Crippen LogP contribution in [0.4, 0.5) is 4.79 Å². The van der Waals surface area contributed by atoms with E-state index in [0.29, 0.717) is 12.8 Å². The Morgan fingerprint density at radius 2 is 1.44 bits per heavy atom. The summed E-state index contributed by atoms with van der Waals surface area (Å²) >= 11 is 0. The van der Waals surface area contributed by atoms with Crippen LogP contribution in [-0.2, 0) is 36.9 Å². The van der Waals surface area contributed by atoms with Gasteiger partial charge in [-0.25, -0.2) is 9.59 Å². The van der Waals surface area contributed by atoms with Gasteiger partial charge in [-0.15, -0.1) is 0 Å². The van der Waals surface area contributed by atoms with Crippen LogP contribution in [0.2, 0.25) is 0 Å². The lowest BCUT2D eigenvalue weighted by molar-refractivity contribution is -0.152. The maximum Gasteiger partial charge on any atom is 0.408 e. The fourth-order valence-corrected chi connectivity index (χ4v) is 3.17. The second-order valence-corrected chi connectivity index (χ2v) is 8.10. The van der Waals surface area contributed by atoms with Crippen LogP contribution in [0, 0.1) is 5.92 Å². The smallest absolute Gasteiger partial charge is 0.408 e. The first-order valence-electron chi connectivity index (χ1n) is 11.3. The molecule has 2 aromatic rings. The van der Waals surface area contributed by atoms with E-state index in [-0.39, 0.29) is 18.3 Å². The first-order valence-corrected chi connectivity index (χ1v) is 11.3. The van der Waals surface area contributed by atoms with E-state index < -0.39 is 36.7 Å². The number of hydrogen-bond donors (Lipinski definition) is 2. The zero-order valence-corrected chi connectivity index (χ0v) is 19.8. The van der Waals surface area contributed by atoms with Crippen molar-refractivity contribution in [3.63, 3.8) is 0 Å². The molecule has 2 amide bonds. The predicted octanol–water partition coefficient (Wildman–Crippen LogP) is 3.19. The van der Waals surface area contributed by atoms with Crippen molar-refractivity contribution in [2.45, 2.75) is 52.3 Å². The normalized spacial score (nSPS) is 13.1. The summed E-state index contributed by atoms with van der Waals surface area (Å²) in [4.78, 5) is 49.2. The van der Waals surface area contributed by atoms with E-state index in [2.05, 4.69) is 10.6 Å². The number of nitrogens with one attached hydrogen (secondary N) is 2. The van der Waals surface area contributed by atoms with Gasteiger partial charge in [0.25, 0.3) is 5.91 Å². The van der Waals surface area contributed by atoms with E-state index in [0.717, 1.165) is 11.1 Å². The van der Waals surface area contributed by atoms with Gasteiger partial charge in [-0.05, 0) is 30.4 Å². The standard InChI is InChI=1S/C26H32N2O6/c1-4-18(2)24(28-26(32)34-16-21-13-9-6-10-14-21)25(31)33-17-23(30)27-22(19(3)29)15-20-11-7-5-8-12-20/h5-14,18,22,24H,4,15-17H2,1-3H3,(H,27,30)(H,28,32)/t18-,22+,24-/m0/s1. The summed E-state index contributed by atoms with van der Waals surface area (Å²) in [5.74, 6) is -1.80. The van der Waals surface area contributed by atoms with Crippen molar-refractivity contribution in [2.24, 2.45) is 5.92 Å². The van der Waals surface area contributed by atoms with Crippen LogP contribution in [0.15, 0.2) is 60.7 Å². The molecule has 2 aromatic carbocycles. The number of esters is 1. The molecule has 0 saturated carbocycles. The van der Waals surface area contributed by atoms with Gasteiger partial charge in [0.05, 0.1) is 6.04 Å². The van der Waals surface area contributed by atoms with Crippen molar-refractivity contribution in [2.75, 3.05) is 6.61 Å². The molecule has 0 saturated heterocycles. The maximum atomic E-state index is 12.6. The van der Waals surface area contributed by atoms with Crippen LogP contribution in [0.5, 0.6) is 0 Å². The van der Waals surface area contributed by atoms with Crippen molar-refractivity contribution >= 4 is 23.8 Å². The summed E-state index contributed by atoms with van der Waals surface area (Å²) in [6.45, 7) is 4.55. The van der Waals surface area contributed by atoms with E-state index in [1.54, 1.807) is 6.92 Å². The predicted molar refractivity (Wildman–Crippen MR) is 127 cm³/mol. The molecule has 0 aliphatic carbocycles. The molecule has 0 radical (unpaired) electrons. The second kappa shape index (κ2) is 13.8. The summed E-state index contributed by atoms with van der Waals surface area (Å²) in [5, 5.41) is 5.14. The highest BCUT2D eigenvalue weighted by Crippen LogP contribution is 2.11. The monoisotopic (exact) mass is 468 g/mol. The number of ether oxygens (including phenoxy) is 2. The lowest BCUT2D eigenvalue weighted by atomic mass is 9.99. The Labute approximate surface area is 200 Å². The zero-order valence-electron chi connectivity index (χ0n) is 19.8. The highest BCUT2D eigenvalue weighted by molar-refractivity contribution is 5.89. The third-order valence-corrected chi connectivity index (χ3v) is 5.41. The van der Waals surface area contributed by atoms with Crippen LogP contribution in [0.3, 0.4) is 0 Å². The number of benzene rings is 2. The number of amides is 2. The Morgan fingerprint density at radius 3 is 2.00 bits per heavy atom. The highest BCUT2D eigenvalue weighted by Gasteiger charge is 2.29. The van der Waals surface area contributed by atoms with Crippen molar-refractivity contribution in [3.05, 3.63) is 71.8 Å². The molecule has 2 N–H and O–H groups in total. The molecule has 0 aliphatic heterocycles. The van der Waals surface area contributed by atoms with Crippen LogP contribution in [-0.4, -0.2) is 42.4 Å². The second-order valence-electron chi connectivity index (χ2n) is 8.10. The lowest BCUT2D eigenvalue weighted by Gasteiger charge is -2.22. The summed E-state index contributed by atoms with van der Waals surface area (Å²) in [6, 6.07) is 16.7. The summed E-state index contributed by atoms with van der Waals surface area (Å²) in [6.07, 6.45) is 0.171. The van der Waals surface area contributed by atoms with Gasteiger partial charge in [-0.3, -0.25) is 9.59 Å². The SMILES string of the molecule is CC[C@H](C)[C@H](NC(=O)OCc1ccccc1)C(=O)OCC(=O)N[C@H](Cc1ccccc1)C(C)=O. The summed E-state index contributed by atoms with van der Waals surface area (Å²) in [5.41, 5.74) is 1.71. The number of alkyl carbamates (subject to hydrolysis) is 1. The molecule has 0 spiro atoms. The minimum atomic E-state index is -0.978. The van der Waals surface area contributed by atoms with Gasteiger partial charge in [-0.1, -0.05) is 80.9 Å². The van der Waals surface area contributed by atoms with E-state index >= 15 is 0 Å². The fraction of sp³-hybridized carbons (Fsp3) is 0.385. The number of hydrogen-bond acceptors (Lipinski definition) is 6. The molecule has 34 heavy (non-hydrogen) atoms. The topological polar surface area (TPSA) is 111 Å². The fourth-order valence-electron chi connectivity index (χ4n) is 3.17. The number of carbonyl (C=O) groups is 4. The molecule has 8 heteroatoms. The third-order valence-electron chi connectivity index (χ3n) is 5.41. The van der Waals surface area contributed by atoms with E-state index in [1.807, 2.05) is 67.6 Å². The molecule has 182 valence electrons. The average molecular weight is 469 g/mol. The van der Waals surface area contributed by atoms with Crippen LogP contribution in [0.1, 0.15) is 38.3 Å². The van der Waals surface area contributed by atoms with Gasteiger partial charge >= 0.3 is 12.1 Å². The van der Waals surface area contributed by atoms with Crippen LogP contribution >= 0.6 is 0 Å². The van der Waals surface area contributed by atoms with Gasteiger partial charge < -0.3 is 20.1 Å². The Hall–Kier alpha value is -3.68. The van der Waals surface area contributed by atoms with Gasteiger partial charge in [0, 0.05) is 0 Å². The first-order chi connectivity index (χ1) is 16.3.